The zero-order chi connectivity index (χ0) is 61.4. The summed E-state index contributed by atoms with van der Waals surface area (Å²) < 4.78 is 36.1. The molecule has 4 aromatic heterocycles. The highest BCUT2D eigenvalue weighted by Crippen LogP contribution is 2.43. The van der Waals surface area contributed by atoms with E-state index >= 15 is 4.39 Å². The maximum absolute atomic E-state index is 17.7. The number of hydrogen-bond acceptors (Lipinski definition) is 16. The molecule has 20 heteroatoms. The molecule has 4 fully saturated rings. The Hall–Kier alpha value is -7.02. The molecule has 2 unspecified atom stereocenters. The number of β-amino-alcohol motifs (C(OH)–C–C–N with tert-alkyl or cyclic N) is 1. The van der Waals surface area contributed by atoms with E-state index in [0.717, 1.165) is 76.8 Å². The van der Waals surface area contributed by atoms with Crippen molar-refractivity contribution in [2.24, 2.45) is 11.8 Å². The molecule has 4 aliphatic heterocycles. The number of nitrogens with one attached hydrogen (secondary N) is 2. The Bertz CT molecular complexity index is 3650. The minimum absolute atomic E-state index is 0.000268. The second-order valence-corrected chi connectivity index (χ2v) is 32.3. The highest BCUT2D eigenvalue weighted by Gasteiger charge is 2.45. The number of amides is 2. The number of aromatic hydroxyl groups is 1. The topological polar surface area (TPSA) is 204 Å². The fourth-order valence-corrected chi connectivity index (χ4v) is 20.3. The lowest BCUT2D eigenvalue weighted by Crippen LogP contribution is -2.51. The number of phenols is 1. The Morgan fingerprint density at radius 2 is 1.63 bits per heavy atom. The van der Waals surface area contributed by atoms with Gasteiger partial charge in [0.2, 0.25) is 11.8 Å². The van der Waals surface area contributed by atoms with Gasteiger partial charge in [-0.3, -0.25) is 19.5 Å². The van der Waals surface area contributed by atoms with Crippen LogP contribution < -0.4 is 25.0 Å². The van der Waals surface area contributed by atoms with E-state index in [-0.39, 0.29) is 78.1 Å². The minimum Gasteiger partial charge on any atom is -0.508 e. The van der Waals surface area contributed by atoms with Crippen LogP contribution in [0.25, 0.3) is 43.4 Å². The number of benzene rings is 3. The van der Waals surface area contributed by atoms with Crippen LogP contribution in [0.5, 0.6) is 17.6 Å². The van der Waals surface area contributed by atoms with Crippen LogP contribution in [0.4, 0.5) is 10.2 Å². The molecule has 2 amide bonds. The number of fused-ring (bicyclic) bond motifs is 4. The van der Waals surface area contributed by atoms with Gasteiger partial charge in [-0.1, -0.05) is 97.7 Å². The fraction of sp³-hybridized carbons (Fsp3) is 0.507. The lowest BCUT2D eigenvalue weighted by molar-refractivity contribution is -0.141. The van der Waals surface area contributed by atoms with Crippen molar-refractivity contribution >= 4 is 58.7 Å². The maximum atomic E-state index is 17.7. The van der Waals surface area contributed by atoms with Crippen molar-refractivity contribution in [2.75, 3.05) is 57.4 Å². The van der Waals surface area contributed by atoms with E-state index in [1.54, 1.807) is 35.7 Å². The number of anilines is 1. The number of halogens is 1. The average molecular weight is 1220 g/mol. The third-order valence-corrected chi connectivity index (χ3v) is 26.1. The van der Waals surface area contributed by atoms with Gasteiger partial charge in [0, 0.05) is 73.5 Å². The van der Waals surface area contributed by atoms with Crippen LogP contribution in [-0.4, -0.2) is 142 Å². The number of pyridine rings is 1. The van der Waals surface area contributed by atoms with Crippen molar-refractivity contribution in [3.05, 3.63) is 101 Å². The van der Waals surface area contributed by atoms with Gasteiger partial charge in [-0.2, -0.15) is 9.97 Å². The largest absolute Gasteiger partial charge is 0.508 e. The highest BCUT2D eigenvalue weighted by molar-refractivity contribution is 7.13. The zero-order valence-corrected chi connectivity index (χ0v) is 53.6. The number of thiazole rings is 1. The number of rotatable bonds is 19. The van der Waals surface area contributed by atoms with Gasteiger partial charge in [0.25, 0.3) is 5.88 Å². The molecule has 87 heavy (non-hydrogen) atoms. The molecule has 4 saturated heterocycles. The van der Waals surface area contributed by atoms with Crippen LogP contribution in [0.2, 0.25) is 16.6 Å². The predicted molar refractivity (Wildman–Crippen MR) is 341 cm³/mol. The molecule has 11 rings (SSSR count). The summed E-state index contributed by atoms with van der Waals surface area (Å²) in [4.78, 5) is 54.3. The standard InChI is InChI=1S/C67H83FN10O7SSi/c1-38(2)58(66(82)78-35-52(80)30-55(78)65(81)71-42(9)45-14-16-47(17-15-45)63-43(10)70-37-86-63)56-31-57(75-85-56)84-36-44-20-23-76(24-21-44)25-26-83-67-73-62-54(64(74-67)77-33-49-18-19-50(34-77)72-49)32-69-61(60(62)68)53-29-51(79)28-48-13-11-12-46(59(48)53)22-27-87(39(3)4,40(5)6)41(7)8/h11-17,28-29,31-32,37-42,44,49-50,52,55,58,72,79-80H,18-21,23-26,30,33-36H2,1-10H3,(H,71,81)/t42-,49?,50?,52+,55-,58+/m0/s1. The molecule has 4 N–H and O–H groups in total. The molecule has 3 aromatic carbocycles. The molecule has 7 aromatic rings. The SMILES string of the molecule is Cc1ncsc1-c1ccc([C@H](C)NC(=O)[C@@H]2C[C@@H](O)CN2C(=O)[C@@H](c2cc(OCC3CCN(CCOc4nc(N5CC6CCC(C5)N6)c5cnc(-c6cc(O)cc7cccc(C#C[Si](C(C)C)(C(C)C)C(C)C)c67)c(F)c5n4)CC3)no2)C(C)C)cc1. The number of carbonyl (C=O) groups excluding carboxylic acids is 2. The maximum Gasteiger partial charge on any atom is 0.319 e. The molecular formula is C67H83FN10O7SSi. The summed E-state index contributed by atoms with van der Waals surface area (Å²) in [6.07, 6.45) is 4.80. The van der Waals surface area contributed by atoms with Gasteiger partial charge in [0.1, 0.15) is 49.4 Å². The number of piperazine rings is 1. The molecule has 460 valence electrons. The van der Waals surface area contributed by atoms with Crippen molar-refractivity contribution in [3.63, 3.8) is 0 Å². The van der Waals surface area contributed by atoms with Crippen molar-refractivity contribution < 1.29 is 38.2 Å². The molecule has 2 bridgehead atoms. The van der Waals surface area contributed by atoms with Crippen LogP contribution in [-0.2, 0) is 9.59 Å². The van der Waals surface area contributed by atoms with E-state index in [4.69, 9.17) is 28.9 Å². The summed E-state index contributed by atoms with van der Waals surface area (Å²) in [7, 11) is -2.13. The normalized spacial score (nSPS) is 20.0. The first kappa shape index (κ1) is 61.6. The van der Waals surface area contributed by atoms with Crippen LogP contribution in [0.3, 0.4) is 0 Å². The van der Waals surface area contributed by atoms with Gasteiger partial charge in [0.15, 0.2) is 11.6 Å². The summed E-state index contributed by atoms with van der Waals surface area (Å²) in [5, 5.41) is 34.9. The van der Waals surface area contributed by atoms with Gasteiger partial charge in [-0.15, -0.1) is 16.9 Å². The molecule has 6 atom stereocenters. The number of aryl methyl sites for hydroxylation is 1. The molecule has 0 radical (unpaired) electrons. The van der Waals surface area contributed by atoms with Crippen molar-refractivity contribution in [1.29, 1.82) is 0 Å². The Morgan fingerprint density at radius 3 is 2.31 bits per heavy atom. The first-order chi connectivity index (χ1) is 41.8. The Kier molecular flexibility index (Phi) is 18.4. The van der Waals surface area contributed by atoms with E-state index in [1.165, 1.54) is 4.90 Å². The number of hydrogen-bond donors (Lipinski definition) is 4. The van der Waals surface area contributed by atoms with Crippen LogP contribution in [0.15, 0.2) is 76.9 Å². The molecule has 8 heterocycles. The number of piperidine rings is 1. The first-order valence-corrected chi connectivity index (χ1v) is 34.3. The average Bonchev–Trinajstić information content (AvgIpc) is 2.17. The summed E-state index contributed by atoms with van der Waals surface area (Å²) >= 11 is 1.59. The summed E-state index contributed by atoms with van der Waals surface area (Å²) in [6, 6.07) is 18.3. The number of aliphatic hydroxyl groups excluding tert-OH is 1. The van der Waals surface area contributed by atoms with Gasteiger partial charge in [-0.05, 0) is 121 Å². The molecule has 0 saturated carbocycles. The number of aliphatic hydroxyl groups is 1. The van der Waals surface area contributed by atoms with E-state index in [0.29, 0.717) is 77.5 Å². The number of aromatic nitrogens is 5. The number of ether oxygens (including phenoxy) is 2. The van der Waals surface area contributed by atoms with Gasteiger partial charge in [-0.25, -0.2) is 9.37 Å². The minimum atomic E-state index is -2.13. The Balaban J connectivity index is 0.732. The monoisotopic (exact) mass is 1220 g/mol. The zero-order valence-electron chi connectivity index (χ0n) is 51.8. The van der Waals surface area contributed by atoms with Crippen LogP contribution in [0, 0.1) is 36.0 Å². The third kappa shape index (κ3) is 12.8. The molecule has 4 aliphatic rings. The van der Waals surface area contributed by atoms with Gasteiger partial charge >= 0.3 is 6.01 Å². The number of carbonyl (C=O) groups is 2. The van der Waals surface area contributed by atoms with Gasteiger partial charge < -0.3 is 44.6 Å². The summed E-state index contributed by atoms with van der Waals surface area (Å²) in [5.74, 6) is 2.85. The number of phenolic OH excluding ortho intramolecular Hbond substituents is 1. The predicted octanol–water partition coefficient (Wildman–Crippen LogP) is 11.4. The van der Waals surface area contributed by atoms with E-state index < -0.39 is 32.0 Å². The Morgan fingerprint density at radius 1 is 0.908 bits per heavy atom. The molecule has 0 spiro atoms. The fourth-order valence-electron chi connectivity index (χ4n) is 14.2. The highest BCUT2D eigenvalue weighted by atomic mass is 32.1. The third-order valence-electron chi connectivity index (χ3n) is 18.9. The molecular weight excluding hydrogens is 1140 g/mol. The van der Waals surface area contributed by atoms with E-state index in [9.17, 15) is 19.8 Å². The second kappa shape index (κ2) is 26.0. The molecule has 17 nitrogen and oxygen atoms in total. The van der Waals surface area contributed by atoms with Crippen molar-refractivity contribution in [1.82, 2.24) is 45.5 Å². The lowest BCUT2D eigenvalue weighted by atomic mass is 9.91. The Labute approximate surface area is 514 Å². The summed E-state index contributed by atoms with van der Waals surface area (Å²) in [6.45, 7) is 25.8. The number of likely N-dealkylation sites (tertiary alicyclic amines) is 2. The van der Waals surface area contributed by atoms with Crippen molar-refractivity contribution in [3.8, 4) is 50.8 Å². The van der Waals surface area contributed by atoms with Crippen LogP contribution >= 0.6 is 11.3 Å². The van der Waals surface area contributed by atoms with E-state index in [2.05, 4.69) is 83.6 Å². The van der Waals surface area contributed by atoms with E-state index in [1.807, 2.05) is 75.7 Å². The first-order valence-electron chi connectivity index (χ1n) is 31.2. The van der Waals surface area contributed by atoms with Crippen LogP contribution in [0.1, 0.15) is 129 Å². The lowest BCUT2D eigenvalue weighted by Gasteiger charge is -2.38. The molecule has 0 aliphatic carbocycles. The smallest absolute Gasteiger partial charge is 0.319 e. The number of nitrogens with zero attached hydrogens (tertiary/aromatic N) is 8. The quantitative estimate of drug-likeness (QED) is 0.0439. The van der Waals surface area contributed by atoms with Gasteiger partial charge in [0.05, 0.1) is 40.2 Å². The summed E-state index contributed by atoms with van der Waals surface area (Å²) in [5.41, 5.74) is 11.3. The second-order valence-electron chi connectivity index (χ2n) is 25.8. The van der Waals surface area contributed by atoms with Crippen molar-refractivity contribution in [2.45, 2.75) is 154 Å².